The van der Waals surface area contributed by atoms with E-state index >= 15 is 0 Å². The van der Waals surface area contributed by atoms with Crippen LogP contribution in [-0.4, -0.2) is 10.8 Å². The Labute approximate surface area is 96.4 Å². The van der Waals surface area contributed by atoms with Crippen molar-refractivity contribution < 1.29 is 4.79 Å². The van der Waals surface area contributed by atoms with E-state index in [1.165, 1.54) is 16.7 Å². The maximum absolute atomic E-state index is 11.4. The molecule has 0 atom stereocenters. The summed E-state index contributed by atoms with van der Waals surface area (Å²) in [6, 6.07) is 2.10. The number of aryl methyl sites for hydroxylation is 2. The Morgan fingerprint density at radius 2 is 2.19 bits per heavy atom. The Hall–Kier alpha value is -1.44. The van der Waals surface area contributed by atoms with E-state index in [0.29, 0.717) is 6.42 Å². The fraction of sp³-hybridized carbons (Fsp3) is 0.429. The summed E-state index contributed by atoms with van der Waals surface area (Å²) in [5, 5.41) is 0. The summed E-state index contributed by atoms with van der Waals surface area (Å²) in [4.78, 5) is 15.8. The van der Waals surface area contributed by atoms with Crippen LogP contribution in [0.15, 0.2) is 18.3 Å². The van der Waals surface area contributed by atoms with Crippen molar-refractivity contribution in [3.8, 4) is 0 Å². The highest BCUT2D eigenvalue weighted by Gasteiger charge is 2.14. The second-order valence-corrected chi connectivity index (χ2v) is 4.33. The molecule has 0 fully saturated rings. The van der Waals surface area contributed by atoms with Crippen LogP contribution in [0.25, 0.3) is 5.57 Å². The molecule has 0 bridgehead atoms. The van der Waals surface area contributed by atoms with Gasteiger partial charge in [0, 0.05) is 18.3 Å². The molecular formula is C14H17NO. The molecule has 0 aliphatic heterocycles. The lowest BCUT2D eigenvalue weighted by atomic mass is 9.90. The fourth-order valence-electron chi connectivity index (χ4n) is 2.17. The molecule has 0 spiro atoms. The lowest BCUT2D eigenvalue weighted by Gasteiger charge is -2.15. The second kappa shape index (κ2) is 4.60. The summed E-state index contributed by atoms with van der Waals surface area (Å²) in [7, 11) is 0. The van der Waals surface area contributed by atoms with E-state index in [1.54, 1.807) is 0 Å². The van der Waals surface area contributed by atoms with Gasteiger partial charge in [0.25, 0.3) is 0 Å². The smallest absolute Gasteiger partial charge is 0.155 e. The van der Waals surface area contributed by atoms with Crippen LogP contribution in [-0.2, 0) is 11.2 Å². The third-order valence-electron chi connectivity index (χ3n) is 3.05. The van der Waals surface area contributed by atoms with Crippen LogP contribution in [0.1, 0.15) is 43.0 Å². The van der Waals surface area contributed by atoms with Crippen molar-refractivity contribution in [3.05, 3.63) is 35.2 Å². The molecule has 0 unspecified atom stereocenters. The Bertz CT molecular complexity index is 446. The summed E-state index contributed by atoms with van der Waals surface area (Å²) in [6.45, 7) is 4.12. The standard InChI is InChI=1S/C14H17NO/c1-3-11-9-15-10(2)7-14(11)12-5-4-6-13(16)8-12/h7-9H,3-6H2,1-2H3. The highest BCUT2D eigenvalue weighted by atomic mass is 16.1. The number of aromatic nitrogens is 1. The molecule has 2 rings (SSSR count). The minimum atomic E-state index is 0.262. The third-order valence-corrected chi connectivity index (χ3v) is 3.05. The van der Waals surface area contributed by atoms with Crippen molar-refractivity contribution in [2.24, 2.45) is 0 Å². The first-order chi connectivity index (χ1) is 7.70. The van der Waals surface area contributed by atoms with Gasteiger partial charge in [-0.2, -0.15) is 0 Å². The van der Waals surface area contributed by atoms with E-state index < -0.39 is 0 Å². The van der Waals surface area contributed by atoms with Crippen molar-refractivity contribution in [2.75, 3.05) is 0 Å². The number of nitrogens with zero attached hydrogens (tertiary/aromatic N) is 1. The number of carbonyl (C=O) groups is 1. The molecule has 0 saturated heterocycles. The normalized spacial score (nSPS) is 16.1. The molecule has 1 aromatic rings. The van der Waals surface area contributed by atoms with Gasteiger partial charge in [-0.3, -0.25) is 9.78 Å². The lowest BCUT2D eigenvalue weighted by Crippen LogP contribution is -2.04. The number of hydrogen-bond acceptors (Lipinski definition) is 2. The van der Waals surface area contributed by atoms with Gasteiger partial charge in [0.1, 0.15) is 0 Å². The minimum absolute atomic E-state index is 0.262. The van der Waals surface area contributed by atoms with Crippen molar-refractivity contribution in [1.82, 2.24) is 4.98 Å². The maximum atomic E-state index is 11.4. The van der Waals surface area contributed by atoms with Crippen LogP contribution >= 0.6 is 0 Å². The van der Waals surface area contributed by atoms with E-state index in [2.05, 4.69) is 18.0 Å². The van der Waals surface area contributed by atoms with Crippen LogP contribution in [0.5, 0.6) is 0 Å². The molecule has 0 N–H and O–H groups in total. The van der Waals surface area contributed by atoms with Crippen molar-refractivity contribution in [1.29, 1.82) is 0 Å². The van der Waals surface area contributed by atoms with Crippen molar-refractivity contribution in [3.63, 3.8) is 0 Å². The van der Waals surface area contributed by atoms with E-state index in [0.717, 1.165) is 25.0 Å². The lowest BCUT2D eigenvalue weighted by molar-refractivity contribution is -0.114. The molecule has 84 valence electrons. The molecule has 16 heavy (non-hydrogen) atoms. The Balaban J connectivity index is 2.45. The van der Waals surface area contributed by atoms with E-state index in [9.17, 15) is 4.79 Å². The Kier molecular flexibility index (Phi) is 3.18. The predicted molar refractivity (Wildman–Crippen MR) is 65.2 cm³/mol. The van der Waals surface area contributed by atoms with Gasteiger partial charge in [-0.25, -0.2) is 0 Å². The van der Waals surface area contributed by atoms with E-state index in [-0.39, 0.29) is 5.78 Å². The van der Waals surface area contributed by atoms with Crippen LogP contribution in [0.4, 0.5) is 0 Å². The van der Waals surface area contributed by atoms with Gasteiger partial charge in [0.15, 0.2) is 5.78 Å². The summed E-state index contributed by atoms with van der Waals surface area (Å²) >= 11 is 0. The quantitative estimate of drug-likeness (QED) is 0.758. The average Bonchev–Trinajstić information content (AvgIpc) is 2.29. The van der Waals surface area contributed by atoms with Gasteiger partial charge in [-0.05, 0) is 55.0 Å². The molecular weight excluding hydrogens is 198 g/mol. The van der Waals surface area contributed by atoms with Crippen LogP contribution in [0, 0.1) is 6.92 Å². The van der Waals surface area contributed by atoms with Gasteiger partial charge in [0.05, 0.1) is 0 Å². The third kappa shape index (κ3) is 2.21. The average molecular weight is 215 g/mol. The number of hydrogen-bond donors (Lipinski definition) is 0. The first kappa shape index (κ1) is 11.1. The summed E-state index contributed by atoms with van der Waals surface area (Å²) in [5.74, 6) is 0.262. The molecule has 1 heterocycles. The van der Waals surface area contributed by atoms with E-state index in [1.807, 2.05) is 19.2 Å². The zero-order valence-corrected chi connectivity index (χ0v) is 9.92. The molecule has 1 aliphatic rings. The van der Waals surface area contributed by atoms with Gasteiger partial charge < -0.3 is 0 Å². The number of allylic oxidation sites excluding steroid dienone is 2. The molecule has 1 aromatic heterocycles. The Morgan fingerprint density at radius 3 is 2.88 bits per heavy atom. The minimum Gasteiger partial charge on any atom is -0.295 e. The number of carbonyl (C=O) groups excluding carboxylic acids is 1. The van der Waals surface area contributed by atoms with Crippen LogP contribution in [0.3, 0.4) is 0 Å². The summed E-state index contributed by atoms with van der Waals surface area (Å²) < 4.78 is 0. The van der Waals surface area contributed by atoms with E-state index in [4.69, 9.17) is 0 Å². The zero-order chi connectivity index (χ0) is 11.5. The first-order valence-corrected chi connectivity index (χ1v) is 5.90. The van der Waals surface area contributed by atoms with Gasteiger partial charge in [-0.1, -0.05) is 6.92 Å². The monoisotopic (exact) mass is 215 g/mol. The number of rotatable bonds is 2. The summed E-state index contributed by atoms with van der Waals surface area (Å²) in [5.41, 5.74) is 4.68. The van der Waals surface area contributed by atoms with Crippen molar-refractivity contribution >= 4 is 11.4 Å². The molecule has 2 nitrogen and oxygen atoms in total. The van der Waals surface area contributed by atoms with Crippen molar-refractivity contribution in [2.45, 2.75) is 39.5 Å². The molecule has 1 aliphatic carbocycles. The van der Waals surface area contributed by atoms with Gasteiger partial charge in [-0.15, -0.1) is 0 Å². The predicted octanol–water partition coefficient (Wildman–Crippen LogP) is 3.09. The Morgan fingerprint density at radius 1 is 1.38 bits per heavy atom. The molecule has 2 heteroatoms. The summed E-state index contributed by atoms with van der Waals surface area (Å²) in [6.07, 6.45) is 7.42. The fourth-order valence-corrected chi connectivity index (χ4v) is 2.17. The highest BCUT2D eigenvalue weighted by Crippen LogP contribution is 2.28. The number of pyridine rings is 1. The topological polar surface area (TPSA) is 30.0 Å². The second-order valence-electron chi connectivity index (χ2n) is 4.33. The van der Waals surface area contributed by atoms with Gasteiger partial charge in [0.2, 0.25) is 0 Å². The largest absolute Gasteiger partial charge is 0.295 e. The molecule has 0 radical (unpaired) electrons. The molecule has 0 amide bonds. The van der Waals surface area contributed by atoms with Crippen LogP contribution < -0.4 is 0 Å². The first-order valence-electron chi connectivity index (χ1n) is 5.90. The SMILES string of the molecule is CCc1cnc(C)cc1C1=CC(=O)CCC1. The zero-order valence-electron chi connectivity index (χ0n) is 9.92. The van der Waals surface area contributed by atoms with Crippen LogP contribution in [0.2, 0.25) is 0 Å². The molecule has 0 aromatic carbocycles. The maximum Gasteiger partial charge on any atom is 0.155 e. The van der Waals surface area contributed by atoms with Gasteiger partial charge >= 0.3 is 0 Å². The molecule has 0 saturated carbocycles. The number of ketones is 1. The highest BCUT2D eigenvalue weighted by molar-refractivity contribution is 5.98.